The monoisotopic (exact) mass is 288 g/mol. The number of hydrogen-bond donors (Lipinski definition) is 2. The van der Waals surface area contributed by atoms with Gasteiger partial charge in [-0.05, 0) is 0 Å². The van der Waals surface area contributed by atoms with Gasteiger partial charge in [0.1, 0.15) is 0 Å². The minimum Gasteiger partial charge on any atom is -0.394 e. The van der Waals surface area contributed by atoms with Crippen LogP contribution < -0.4 is 0 Å². The van der Waals surface area contributed by atoms with E-state index >= 15 is 0 Å². The van der Waals surface area contributed by atoms with Crippen molar-refractivity contribution in [1.29, 1.82) is 0 Å². The van der Waals surface area contributed by atoms with Crippen LogP contribution in [0.15, 0.2) is 0 Å². The predicted octanol–water partition coefficient (Wildman–Crippen LogP) is 5.46. The fraction of sp³-hybridized carbons (Fsp3) is 1.00. The van der Waals surface area contributed by atoms with E-state index in [1.165, 1.54) is 89.9 Å². The van der Waals surface area contributed by atoms with Crippen LogP contribution in [0.5, 0.6) is 0 Å². The molecule has 2 nitrogen and oxygen atoms in total. The van der Waals surface area contributed by atoms with Crippen LogP contribution in [0.25, 0.3) is 0 Å². The molecule has 0 atom stereocenters. The summed E-state index contributed by atoms with van der Waals surface area (Å²) in [6, 6.07) is 0. The summed E-state index contributed by atoms with van der Waals surface area (Å²) in [4.78, 5) is 0. The molecule has 0 aromatic carbocycles. The van der Waals surface area contributed by atoms with Crippen LogP contribution in [-0.2, 0) is 0 Å². The summed E-state index contributed by atoms with van der Waals surface area (Å²) in [6.45, 7) is 4.33. The first-order chi connectivity index (χ1) is 9.83. The Morgan fingerprint density at radius 1 is 0.400 bits per heavy atom. The van der Waals surface area contributed by atoms with E-state index in [1.807, 2.05) is 0 Å². The summed E-state index contributed by atoms with van der Waals surface area (Å²) in [5.41, 5.74) is 0. The molecule has 0 saturated heterocycles. The Hall–Kier alpha value is -0.0800. The molecule has 0 bridgehead atoms. The molecule has 0 aliphatic rings. The Morgan fingerprint density at radius 3 is 0.750 bits per heavy atom. The molecule has 0 amide bonds. The highest BCUT2D eigenvalue weighted by molar-refractivity contribution is 4.48. The molecule has 0 heterocycles. The molecule has 124 valence electrons. The van der Waals surface area contributed by atoms with Gasteiger partial charge in [0.05, 0.1) is 13.2 Å². The third-order valence-electron chi connectivity index (χ3n) is 3.56. The Labute approximate surface area is 128 Å². The maximum Gasteiger partial charge on any atom is 0.0662 e. The number of aliphatic hydroxyl groups excluding tert-OH is 2. The molecule has 0 spiro atoms. The summed E-state index contributed by atoms with van der Waals surface area (Å²) < 4.78 is 0. The van der Waals surface area contributed by atoms with Gasteiger partial charge in [0, 0.05) is 0 Å². The molecular weight excluding hydrogens is 248 g/mol. The van der Waals surface area contributed by atoms with Crippen molar-refractivity contribution < 1.29 is 10.2 Å². The van der Waals surface area contributed by atoms with Crippen LogP contribution in [-0.4, -0.2) is 23.4 Å². The minimum atomic E-state index is -0.125. The van der Waals surface area contributed by atoms with Gasteiger partial charge in [0.2, 0.25) is 0 Å². The smallest absolute Gasteiger partial charge is 0.0662 e. The van der Waals surface area contributed by atoms with E-state index in [0.717, 1.165) is 0 Å². The van der Waals surface area contributed by atoms with Crippen molar-refractivity contribution in [3.8, 4) is 0 Å². The Kier molecular flexibility index (Phi) is 26.6. The van der Waals surface area contributed by atoms with Crippen molar-refractivity contribution in [1.82, 2.24) is 0 Å². The van der Waals surface area contributed by atoms with E-state index in [-0.39, 0.29) is 13.2 Å². The van der Waals surface area contributed by atoms with Crippen LogP contribution in [0.2, 0.25) is 0 Å². The second kappa shape index (κ2) is 24.0. The topological polar surface area (TPSA) is 40.5 Å². The lowest BCUT2D eigenvalue weighted by Crippen LogP contribution is -1.85. The average Bonchev–Trinajstić information content (AvgIpc) is 2.49. The van der Waals surface area contributed by atoms with Crippen LogP contribution in [0, 0.1) is 0 Å². The lowest BCUT2D eigenvalue weighted by atomic mass is 10.0. The summed E-state index contributed by atoms with van der Waals surface area (Å²) in [5, 5.41) is 15.2. The quantitative estimate of drug-likeness (QED) is 0.417. The molecule has 0 fully saturated rings. The normalized spacial score (nSPS) is 10.2. The summed E-state index contributed by atoms with van der Waals surface area (Å²) >= 11 is 0. The van der Waals surface area contributed by atoms with Gasteiger partial charge < -0.3 is 10.2 Å². The molecule has 0 unspecified atom stereocenters. The van der Waals surface area contributed by atoms with Gasteiger partial charge in [-0.25, -0.2) is 0 Å². The molecule has 2 heteroatoms. The SMILES string of the molecule is CCCCCCCCCCCCCCCC.OCCO. The first kappa shape index (κ1) is 22.2. The van der Waals surface area contributed by atoms with Gasteiger partial charge in [-0.3, -0.25) is 0 Å². The van der Waals surface area contributed by atoms with Crippen LogP contribution in [0.3, 0.4) is 0 Å². The van der Waals surface area contributed by atoms with Crippen molar-refractivity contribution in [2.24, 2.45) is 0 Å². The Bertz CT molecular complexity index is 121. The van der Waals surface area contributed by atoms with E-state index in [9.17, 15) is 0 Å². The van der Waals surface area contributed by atoms with E-state index < -0.39 is 0 Å². The fourth-order valence-corrected chi connectivity index (χ4v) is 2.27. The van der Waals surface area contributed by atoms with Crippen molar-refractivity contribution in [2.45, 2.75) is 104 Å². The van der Waals surface area contributed by atoms with E-state index in [0.29, 0.717) is 0 Å². The van der Waals surface area contributed by atoms with Gasteiger partial charge in [0.25, 0.3) is 0 Å². The lowest BCUT2D eigenvalue weighted by Gasteiger charge is -2.02. The molecule has 0 radical (unpaired) electrons. The summed E-state index contributed by atoms with van der Waals surface area (Å²) in [6.07, 6.45) is 20.4. The van der Waals surface area contributed by atoms with Crippen molar-refractivity contribution >= 4 is 0 Å². The van der Waals surface area contributed by atoms with E-state index in [1.54, 1.807) is 0 Å². The highest BCUT2D eigenvalue weighted by Crippen LogP contribution is 2.12. The van der Waals surface area contributed by atoms with E-state index in [4.69, 9.17) is 10.2 Å². The van der Waals surface area contributed by atoms with Gasteiger partial charge in [0.15, 0.2) is 0 Å². The van der Waals surface area contributed by atoms with Crippen molar-refractivity contribution in [2.75, 3.05) is 13.2 Å². The Morgan fingerprint density at radius 2 is 0.600 bits per heavy atom. The largest absolute Gasteiger partial charge is 0.394 e. The number of aliphatic hydroxyl groups is 2. The second-order valence-electron chi connectivity index (χ2n) is 5.69. The molecule has 20 heavy (non-hydrogen) atoms. The van der Waals surface area contributed by atoms with E-state index in [2.05, 4.69) is 13.8 Å². The molecule has 0 rings (SSSR count). The van der Waals surface area contributed by atoms with Crippen molar-refractivity contribution in [3.05, 3.63) is 0 Å². The maximum atomic E-state index is 7.62. The summed E-state index contributed by atoms with van der Waals surface area (Å²) in [5.74, 6) is 0. The Balaban J connectivity index is 0. The molecular formula is C18H40O2. The molecule has 0 aliphatic carbocycles. The van der Waals surface area contributed by atoms with Gasteiger partial charge in [-0.1, -0.05) is 104 Å². The lowest BCUT2D eigenvalue weighted by molar-refractivity contribution is 0.186. The first-order valence-corrected chi connectivity index (χ1v) is 9.05. The molecule has 0 aromatic heterocycles. The molecule has 0 aromatic rings. The third-order valence-corrected chi connectivity index (χ3v) is 3.56. The predicted molar refractivity (Wildman–Crippen MR) is 90.2 cm³/mol. The summed E-state index contributed by atoms with van der Waals surface area (Å²) in [7, 11) is 0. The number of unbranched alkanes of at least 4 members (excludes halogenated alkanes) is 13. The fourth-order valence-electron chi connectivity index (χ4n) is 2.27. The minimum absolute atomic E-state index is 0.125. The van der Waals surface area contributed by atoms with Crippen LogP contribution >= 0.6 is 0 Å². The van der Waals surface area contributed by atoms with Gasteiger partial charge in [-0.2, -0.15) is 0 Å². The zero-order valence-electron chi connectivity index (χ0n) is 14.2. The average molecular weight is 289 g/mol. The zero-order valence-corrected chi connectivity index (χ0v) is 14.2. The maximum absolute atomic E-state index is 7.62. The standard InChI is InChI=1S/C16H34.C2H6O2/c1-3-5-7-9-11-13-15-16-14-12-10-8-6-4-2;3-1-2-4/h3-16H2,1-2H3;3-4H,1-2H2. The van der Waals surface area contributed by atoms with Gasteiger partial charge in [-0.15, -0.1) is 0 Å². The highest BCUT2D eigenvalue weighted by atomic mass is 16.3. The third kappa shape index (κ3) is 26.5. The number of hydrogen-bond acceptors (Lipinski definition) is 2. The second-order valence-corrected chi connectivity index (χ2v) is 5.69. The zero-order chi connectivity index (χ0) is 15.3. The highest BCUT2D eigenvalue weighted by Gasteiger charge is 1.92. The number of rotatable bonds is 14. The van der Waals surface area contributed by atoms with Crippen molar-refractivity contribution in [3.63, 3.8) is 0 Å². The molecule has 0 aliphatic heterocycles. The van der Waals surface area contributed by atoms with Crippen LogP contribution in [0.4, 0.5) is 0 Å². The first-order valence-electron chi connectivity index (χ1n) is 9.05. The molecule has 0 saturated carbocycles. The van der Waals surface area contributed by atoms with Crippen LogP contribution in [0.1, 0.15) is 104 Å². The van der Waals surface area contributed by atoms with Gasteiger partial charge >= 0.3 is 0 Å². The molecule has 2 N–H and O–H groups in total.